The van der Waals surface area contributed by atoms with Crippen molar-refractivity contribution in [3.8, 4) is 0 Å². The number of ether oxygens (including phenoxy) is 1. The Hall–Kier alpha value is 0.426. The van der Waals surface area contributed by atoms with E-state index < -0.39 is 0 Å². The molecular weight excluding hydrogens is 264 g/mol. The molecule has 1 rings (SSSR count). The van der Waals surface area contributed by atoms with E-state index in [0.29, 0.717) is 12.5 Å². The second-order valence-corrected chi connectivity index (χ2v) is 3.43. The zero-order valence-electron chi connectivity index (χ0n) is 9.29. The van der Waals surface area contributed by atoms with E-state index in [1.807, 2.05) is 18.2 Å². The Balaban J connectivity index is 0. The minimum atomic E-state index is 0. The predicted molar refractivity (Wildman–Crippen MR) is 61.0 cm³/mol. The number of hydrogen-bond donors (Lipinski definition) is 0. The molecule has 0 aliphatic rings. The summed E-state index contributed by atoms with van der Waals surface area (Å²) in [5.41, 5.74) is 1.24. The molecule has 3 heteroatoms. The van der Waals surface area contributed by atoms with Crippen LogP contribution < -0.4 is 17.0 Å². The van der Waals surface area contributed by atoms with Crippen LogP contribution >= 0.6 is 0 Å². The Morgan fingerprint density at radius 2 is 1.87 bits per heavy atom. The molecule has 0 bridgehead atoms. The summed E-state index contributed by atoms with van der Waals surface area (Å²) in [6.45, 7) is 7.53. The fourth-order valence-corrected chi connectivity index (χ4v) is 1.05. The van der Waals surface area contributed by atoms with Crippen LogP contribution in [0.25, 0.3) is 0 Å². The van der Waals surface area contributed by atoms with Gasteiger partial charge in [-0.25, -0.2) is 0 Å². The van der Waals surface area contributed by atoms with Crippen LogP contribution in [0.2, 0.25) is 0 Å². The van der Waals surface area contributed by atoms with Crippen LogP contribution in [0.4, 0.5) is 0 Å². The van der Waals surface area contributed by atoms with Crippen LogP contribution in [0, 0.1) is 12.8 Å². The molecule has 1 atom stereocenters. The van der Waals surface area contributed by atoms with E-state index in [4.69, 9.17) is 4.74 Å². The summed E-state index contributed by atoms with van der Waals surface area (Å²) in [5.74, 6) is 0.482. The number of benzene rings is 1. The second-order valence-electron chi connectivity index (χ2n) is 3.43. The second kappa shape index (κ2) is 10.9. The monoisotopic (exact) mass is 280 g/mol. The molecule has 1 nitrogen and oxygen atoms in total. The van der Waals surface area contributed by atoms with Crippen molar-refractivity contribution in [1.29, 1.82) is 0 Å². The maximum absolute atomic E-state index is 5.49. The predicted octanol–water partition coefficient (Wildman–Crippen LogP) is -0.313. The van der Waals surface area contributed by atoms with E-state index in [-0.39, 0.29) is 40.0 Å². The van der Waals surface area contributed by atoms with Crippen LogP contribution in [-0.4, -0.2) is 29.7 Å². The molecule has 1 aromatic carbocycles. The van der Waals surface area contributed by atoms with E-state index in [2.05, 4.69) is 26.0 Å². The smallest absolute Gasteiger partial charge is 1.00 e. The van der Waals surface area contributed by atoms with Crippen LogP contribution in [0.5, 0.6) is 0 Å². The maximum Gasteiger partial charge on any atom is 2.00 e. The topological polar surface area (TPSA) is 9.23 Å². The van der Waals surface area contributed by atoms with Crippen molar-refractivity contribution in [3.63, 3.8) is 0 Å². The Morgan fingerprint density at radius 3 is 2.40 bits per heavy atom. The van der Waals surface area contributed by atoms with Gasteiger partial charge in [0.1, 0.15) is 0 Å². The van der Waals surface area contributed by atoms with Gasteiger partial charge in [0, 0.05) is 6.61 Å². The minimum absolute atomic E-state index is 0. The summed E-state index contributed by atoms with van der Waals surface area (Å²) in [7, 11) is 0. The van der Waals surface area contributed by atoms with E-state index in [9.17, 15) is 0 Å². The van der Waals surface area contributed by atoms with Gasteiger partial charge in [0.15, 0.2) is 0 Å². The van der Waals surface area contributed by atoms with Crippen molar-refractivity contribution in [2.24, 2.45) is 5.92 Å². The summed E-state index contributed by atoms with van der Waals surface area (Å²) in [6, 6.07) is 10.2. The average Bonchev–Trinajstić information content (AvgIpc) is 2.14. The van der Waals surface area contributed by atoms with Crippen LogP contribution in [0.1, 0.15) is 18.9 Å². The molecule has 1 aromatic rings. The first kappa shape index (κ1) is 17.8. The molecule has 0 aliphatic heterocycles. The van der Waals surface area contributed by atoms with E-state index >= 15 is 0 Å². The van der Waals surface area contributed by atoms with Gasteiger partial charge in [-0.2, -0.15) is 5.92 Å². The SMILES string of the molecule is [Br-].[CH2-][C@H](C)CCOCc1ccccc1.[Mg+2]. The zero-order valence-corrected chi connectivity index (χ0v) is 12.3. The van der Waals surface area contributed by atoms with Crippen molar-refractivity contribution in [3.05, 3.63) is 42.8 Å². The Morgan fingerprint density at radius 1 is 1.27 bits per heavy atom. The largest absolute Gasteiger partial charge is 2.00 e. The van der Waals surface area contributed by atoms with Gasteiger partial charge in [-0.1, -0.05) is 43.7 Å². The summed E-state index contributed by atoms with van der Waals surface area (Å²) in [6.07, 6.45) is 1.03. The maximum atomic E-state index is 5.49. The molecule has 0 spiro atoms. The van der Waals surface area contributed by atoms with Gasteiger partial charge >= 0.3 is 23.1 Å². The van der Waals surface area contributed by atoms with E-state index in [1.54, 1.807) is 0 Å². The Kier molecular flexibility index (Phi) is 13.0. The Labute approximate surface area is 120 Å². The third-order valence-electron chi connectivity index (χ3n) is 1.87. The first-order chi connectivity index (χ1) is 6.29. The molecule has 0 fully saturated rings. The molecule has 0 saturated heterocycles. The molecule has 0 aliphatic carbocycles. The van der Waals surface area contributed by atoms with Crippen molar-refractivity contribution in [1.82, 2.24) is 0 Å². The molecule has 15 heavy (non-hydrogen) atoms. The number of rotatable bonds is 5. The first-order valence-electron chi connectivity index (χ1n) is 4.74. The van der Waals surface area contributed by atoms with Gasteiger partial charge in [-0.15, -0.1) is 0 Å². The van der Waals surface area contributed by atoms with Gasteiger partial charge in [0.2, 0.25) is 0 Å². The summed E-state index contributed by atoms with van der Waals surface area (Å²) in [5, 5.41) is 0. The van der Waals surface area contributed by atoms with Gasteiger partial charge in [-0.05, 0) is 5.56 Å². The molecule has 0 radical (unpaired) electrons. The summed E-state index contributed by atoms with van der Waals surface area (Å²) < 4.78 is 5.49. The van der Waals surface area contributed by atoms with Gasteiger partial charge in [0.25, 0.3) is 0 Å². The standard InChI is InChI=1S/C12H17O.BrH.Mg/c1-11(2)8-9-13-10-12-6-4-3-5-7-12;;/h3-7,11H,1,8-10H2,2H3;1H;/q-1;;+2/p-1/t11-;;/m1../s1. The average molecular weight is 281 g/mol. The van der Waals surface area contributed by atoms with Gasteiger partial charge in [0.05, 0.1) is 6.61 Å². The fraction of sp³-hybridized carbons (Fsp3) is 0.417. The number of hydrogen-bond acceptors (Lipinski definition) is 1. The third kappa shape index (κ3) is 9.36. The number of halogens is 1. The van der Waals surface area contributed by atoms with Crippen molar-refractivity contribution >= 4 is 23.1 Å². The molecule has 0 N–H and O–H groups in total. The molecule has 0 heterocycles. The van der Waals surface area contributed by atoms with Gasteiger partial charge < -0.3 is 28.6 Å². The quantitative estimate of drug-likeness (QED) is 0.409. The van der Waals surface area contributed by atoms with Crippen LogP contribution in [0.3, 0.4) is 0 Å². The molecule has 0 unspecified atom stereocenters. The van der Waals surface area contributed by atoms with Crippen molar-refractivity contribution in [2.75, 3.05) is 6.61 Å². The minimum Gasteiger partial charge on any atom is -1.00 e. The molecule has 0 aromatic heterocycles. The van der Waals surface area contributed by atoms with Crippen molar-refractivity contribution in [2.45, 2.75) is 20.0 Å². The first-order valence-corrected chi connectivity index (χ1v) is 4.74. The molecule has 80 valence electrons. The molecule has 0 amide bonds. The summed E-state index contributed by atoms with van der Waals surface area (Å²) >= 11 is 0. The van der Waals surface area contributed by atoms with Crippen LogP contribution in [-0.2, 0) is 11.3 Å². The fourth-order valence-electron chi connectivity index (χ4n) is 1.05. The summed E-state index contributed by atoms with van der Waals surface area (Å²) in [4.78, 5) is 0. The third-order valence-corrected chi connectivity index (χ3v) is 1.87. The van der Waals surface area contributed by atoms with Crippen molar-refractivity contribution < 1.29 is 21.7 Å². The van der Waals surface area contributed by atoms with E-state index in [1.165, 1.54) is 5.56 Å². The molecule has 0 saturated carbocycles. The Bertz CT molecular complexity index is 226. The molecular formula is C12H17BrMgO. The normalized spacial score (nSPS) is 11.1. The van der Waals surface area contributed by atoms with Crippen LogP contribution in [0.15, 0.2) is 30.3 Å². The van der Waals surface area contributed by atoms with Gasteiger partial charge in [-0.3, -0.25) is 0 Å². The zero-order chi connectivity index (χ0) is 9.52. The van der Waals surface area contributed by atoms with E-state index in [0.717, 1.165) is 13.0 Å².